The van der Waals surface area contributed by atoms with Crippen LogP contribution in [0.5, 0.6) is 0 Å². The number of alkyl halides is 6. The fraction of sp³-hybridized carbons (Fsp3) is 0.429. The molecular weight excluding hydrogens is 500 g/mol. The fourth-order valence-corrected chi connectivity index (χ4v) is 2.89. The van der Waals surface area contributed by atoms with Crippen molar-refractivity contribution in [1.29, 1.82) is 0 Å². The van der Waals surface area contributed by atoms with Gasteiger partial charge in [0, 0.05) is 13.1 Å². The van der Waals surface area contributed by atoms with E-state index in [-0.39, 0.29) is 0 Å². The van der Waals surface area contributed by atoms with Gasteiger partial charge in [-0.15, -0.1) is 0 Å². The van der Waals surface area contributed by atoms with Crippen molar-refractivity contribution in [3.05, 3.63) is 47.0 Å². The summed E-state index contributed by atoms with van der Waals surface area (Å²) in [4.78, 5) is 28.2. The molecule has 0 radical (unpaired) electrons. The SMILES string of the molecule is CCn1nc(C)cc1CN(C)Cc1nc2c(C)cccc2[nH]1.O=C(O)C(F)(F)F.O=C(O)C(F)(F)F. The fourth-order valence-electron chi connectivity index (χ4n) is 2.89. The maximum Gasteiger partial charge on any atom is 0.490 e. The van der Waals surface area contributed by atoms with E-state index in [1.807, 2.05) is 6.92 Å². The Morgan fingerprint density at radius 3 is 2.00 bits per heavy atom. The Bertz CT molecular complexity index is 1150. The number of benzene rings is 1. The van der Waals surface area contributed by atoms with Gasteiger partial charge in [-0.1, -0.05) is 12.1 Å². The first-order valence-electron chi connectivity index (χ1n) is 10.2. The van der Waals surface area contributed by atoms with Crippen LogP contribution in [0.2, 0.25) is 0 Å². The molecule has 0 aliphatic rings. The van der Waals surface area contributed by atoms with E-state index >= 15 is 0 Å². The zero-order chi connectivity index (χ0) is 27.8. The van der Waals surface area contributed by atoms with Gasteiger partial charge in [-0.25, -0.2) is 14.6 Å². The molecule has 0 atom stereocenters. The number of H-pyrrole nitrogens is 1. The average molecular weight is 525 g/mol. The molecule has 0 saturated heterocycles. The van der Waals surface area contributed by atoms with Crippen LogP contribution in [0.1, 0.15) is 29.7 Å². The summed E-state index contributed by atoms with van der Waals surface area (Å²) < 4.78 is 65.5. The molecule has 1 aromatic carbocycles. The molecule has 0 amide bonds. The number of carbonyl (C=O) groups is 2. The highest BCUT2D eigenvalue weighted by Gasteiger charge is 2.38. The molecule has 3 N–H and O–H groups in total. The van der Waals surface area contributed by atoms with E-state index in [1.54, 1.807) is 0 Å². The molecule has 0 aliphatic carbocycles. The first-order valence-corrected chi connectivity index (χ1v) is 10.2. The van der Waals surface area contributed by atoms with Crippen molar-refractivity contribution in [3.63, 3.8) is 0 Å². The van der Waals surface area contributed by atoms with Crippen molar-refractivity contribution in [1.82, 2.24) is 24.6 Å². The molecular formula is C21H25F6N5O4. The van der Waals surface area contributed by atoms with E-state index in [0.29, 0.717) is 0 Å². The van der Waals surface area contributed by atoms with Crippen LogP contribution in [-0.2, 0) is 29.2 Å². The van der Waals surface area contributed by atoms with Crippen LogP contribution in [0.15, 0.2) is 24.3 Å². The number of aromatic amines is 1. The van der Waals surface area contributed by atoms with Crippen LogP contribution in [0.25, 0.3) is 11.0 Å². The van der Waals surface area contributed by atoms with Gasteiger partial charge in [0.15, 0.2) is 0 Å². The van der Waals surface area contributed by atoms with Gasteiger partial charge in [-0.3, -0.25) is 9.58 Å². The lowest BCUT2D eigenvalue weighted by molar-refractivity contribution is -0.193. The van der Waals surface area contributed by atoms with Gasteiger partial charge in [-0.05, 0) is 45.5 Å². The topological polar surface area (TPSA) is 124 Å². The van der Waals surface area contributed by atoms with Crippen LogP contribution in [0.4, 0.5) is 26.3 Å². The maximum atomic E-state index is 10.6. The van der Waals surface area contributed by atoms with E-state index in [4.69, 9.17) is 24.8 Å². The van der Waals surface area contributed by atoms with Gasteiger partial charge in [0.25, 0.3) is 0 Å². The number of nitrogens with zero attached hydrogens (tertiary/aromatic N) is 4. The van der Waals surface area contributed by atoms with Gasteiger partial charge in [-0.2, -0.15) is 31.4 Å². The molecule has 36 heavy (non-hydrogen) atoms. The highest BCUT2D eigenvalue weighted by atomic mass is 19.4. The molecule has 0 unspecified atom stereocenters. The number of fused-ring (bicyclic) bond motifs is 1. The summed E-state index contributed by atoms with van der Waals surface area (Å²) in [5, 5.41) is 18.8. The van der Waals surface area contributed by atoms with Crippen molar-refractivity contribution in [2.45, 2.75) is 52.8 Å². The number of nitrogens with one attached hydrogen (secondary N) is 1. The largest absolute Gasteiger partial charge is 0.490 e. The number of carboxylic acids is 2. The first-order chi connectivity index (χ1) is 16.4. The van der Waals surface area contributed by atoms with Crippen molar-refractivity contribution in [2.75, 3.05) is 7.05 Å². The molecule has 9 nitrogen and oxygen atoms in total. The third-order valence-corrected chi connectivity index (χ3v) is 4.39. The Kier molecular flexibility index (Phi) is 10.5. The zero-order valence-electron chi connectivity index (χ0n) is 19.7. The number of rotatable bonds is 5. The number of hydrogen-bond donors (Lipinski definition) is 3. The molecule has 0 saturated carbocycles. The Morgan fingerprint density at radius 2 is 1.56 bits per heavy atom. The van der Waals surface area contributed by atoms with Gasteiger partial charge >= 0.3 is 24.3 Å². The predicted molar refractivity (Wildman–Crippen MR) is 116 cm³/mol. The van der Waals surface area contributed by atoms with Crippen molar-refractivity contribution >= 4 is 23.0 Å². The van der Waals surface area contributed by atoms with Crippen molar-refractivity contribution in [2.24, 2.45) is 0 Å². The summed E-state index contributed by atoms with van der Waals surface area (Å²) >= 11 is 0. The summed E-state index contributed by atoms with van der Waals surface area (Å²) in [6.07, 6.45) is -10.2. The summed E-state index contributed by atoms with van der Waals surface area (Å²) in [6.45, 7) is 8.82. The van der Waals surface area contributed by atoms with Crippen LogP contribution in [0.3, 0.4) is 0 Å². The molecule has 3 aromatic rings. The van der Waals surface area contributed by atoms with Gasteiger partial charge in [0.2, 0.25) is 0 Å². The smallest absolute Gasteiger partial charge is 0.475 e. The molecule has 0 bridgehead atoms. The Hall–Kier alpha value is -3.62. The second-order valence-electron chi connectivity index (χ2n) is 7.53. The van der Waals surface area contributed by atoms with Crippen LogP contribution < -0.4 is 0 Å². The third-order valence-electron chi connectivity index (χ3n) is 4.39. The maximum absolute atomic E-state index is 10.6. The molecule has 3 rings (SSSR count). The van der Waals surface area contributed by atoms with Gasteiger partial charge < -0.3 is 15.2 Å². The quantitative estimate of drug-likeness (QED) is 0.425. The molecule has 15 heteroatoms. The lowest BCUT2D eigenvalue weighted by atomic mass is 10.2. The molecule has 2 aromatic heterocycles. The van der Waals surface area contributed by atoms with E-state index in [9.17, 15) is 26.3 Å². The summed E-state index contributed by atoms with van der Waals surface area (Å²) in [6, 6.07) is 8.39. The minimum atomic E-state index is -5.08. The van der Waals surface area contributed by atoms with Crippen LogP contribution >= 0.6 is 0 Å². The monoisotopic (exact) mass is 525 g/mol. The van der Waals surface area contributed by atoms with Crippen LogP contribution in [0, 0.1) is 13.8 Å². The van der Waals surface area contributed by atoms with E-state index in [1.165, 1.54) is 11.3 Å². The minimum Gasteiger partial charge on any atom is -0.475 e. The molecule has 2 heterocycles. The molecule has 200 valence electrons. The highest BCUT2D eigenvalue weighted by molar-refractivity contribution is 5.78. The Balaban J connectivity index is 0.000000383. The van der Waals surface area contributed by atoms with Crippen molar-refractivity contribution in [3.8, 4) is 0 Å². The predicted octanol–water partition coefficient (Wildman–Crippen LogP) is 4.29. The minimum absolute atomic E-state index is 0.794. The lowest BCUT2D eigenvalue weighted by Gasteiger charge is -2.15. The van der Waals surface area contributed by atoms with Crippen LogP contribution in [-0.4, -0.2) is 66.2 Å². The number of para-hydroxylation sites is 1. The summed E-state index contributed by atoms with van der Waals surface area (Å²) in [5.74, 6) is -4.51. The number of imidazole rings is 1. The highest BCUT2D eigenvalue weighted by Crippen LogP contribution is 2.17. The van der Waals surface area contributed by atoms with E-state index < -0.39 is 24.3 Å². The zero-order valence-corrected chi connectivity index (χ0v) is 19.7. The van der Waals surface area contributed by atoms with E-state index in [0.717, 1.165) is 42.2 Å². The average Bonchev–Trinajstić information content (AvgIpc) is 3.30. The van der Waals surface area contributed by atoms with E-state index in [2.05, 4.69) is 64.8 Å². The lowest BCUT2D eigenvalue weighted by Crippen LogP contribution is -2.21. The standard InChI is InChI=1S/C17H23N5.2C2HF3O2/c1-5-22-14(9-13(3)20-22)10-21(4)11-16-18-15-8-6-7-12(2)17(15)19-16;2*3-2(4,5)1(6)7/h6-9H,5,10-11H2,1-4H3,(H,18,19);2*(H,6,7). The van der Waals surface area contributed by atoms with Gasteiger partial charge in [0.1, 0.15) is 5.82 Å². The molecule has 0 spiro atoms. The number of hydrogen-bond acceptors (Lipinski definition) is 5. The van der Waals surface area contributed by atoms with Crippen molar-refractivity contribution < 1.29 is 46.1 Å². The van der Waals surface area contributed by atoms with Gasteiger partial charge in [0.05, 0.1) is 29.0 Å². The number of aromatic nitrogens is 4. The first kappa shape index (κ1) is 30.4. The number of carboxylic acid groups (broad SMARTS) is 2. The Morgan fingerprint density at radius 1 is 1.03 bits per heavy atom. The summed E-state index contributed by atoms with van der Waals surface area (Å²) in [5.41, 5.74) is 5.71. The summed E-state index contributed by atoms with van der Waals surface area (Å²) in [7, 11) is 2.11. The second kappa shape index (κ2) is 12.4. The number of aryl methyl sites for hydroxylation is 3. The second-order valence-corrected chi connectivity index (χ2v) is 7.53. The Labute approximate surface area is 201 Å². The normalized spacial score (nSPS) is 11.5. The molecule has 0 fully saturated rings. The number of aliphatic carboxylic acids is 2. The number of halogens is 6. The molecule has 0 aliphatic heterocycles. The third kappa shape index (κ3) is 9.56.